The number of fused-ring (bicyclic) bond motifs is 1. The van der Waals surface area contributed by atoms with Gasteiger partial charge >= 0.3 is 0 Å². The summed E-state index contributed by atoms with van der Waals surface area (Å²) in [5, 5.41) is 1.02. The first-order chi connectivity index (χ1) is 17.5. The lowest BCUT2D eigenvalue weighted by molar-refractivity contribution is 0.0982. The van der Waals surface area contributed by atoms with Crippen LogP contribution in [0.4, 0.5) is 5.13 Å². The fourth-order valence-electron chi connectivity index (χ4n) is 3.80. The van der Waals surface area contributed by atoms with E-state index in [4.69, 9.17) is 21.3 Å². The number of benzene rings is 3. The molecular formula is C28H20ClN3O3S. The van der Waals surface area contributed by atoms with Crippen molar-refractivity contribution in [2.75, 3.05) is 12.0 Å². The highest BCUT2D eigenvalue weighted by molar-refractivity contribution is 7.23. The van der Waals surface area contributed by atoms with Gasteiger partial charge in [0, 0.05) is 29.1 Å². The molecule has 0 aliphatic rings. The van der Waals surface area contributed by atoms with Crippen molar-refractivity contribution < 1.29 is 14.3 Å². The van der Waals surface area contributed by atoms with Gasteiger partial charge in [-0.3, -0.25) is 19.5 Å². The molecule has 1 amide bonds. The molecule has 3 aromatic carbocycles. The van der Waals surface area contributed by atoms with Gasteiger partial charge in [-0.15, -0.1) is 0 Å². The Labute approximate surface area is 216 Å². The van der Waals surface area contributed by atoms with Gasteiger partial charge in [0.25, 0.3) is 5.91 Å². The van der Waals surface area contributed by atoms with E-state index in [0.29, 0.717) is 38.1 Å². The molecule has 8 heteroatoms. The summed E-state index contributed by atoms with van der Waals surface area (Å²) >= 11 is 7.74. The quantitative estimate of drug-likeness (QED) is 0.234. The monoisotopic (exact) mass is 513 g/mol. The zero-order valence-corrected chi connectivity index (χ0v) is 20.8. The molecule has 0 bridgehead atoms. The van der Waals surface area contributed by atoms with Gasteiger partial charge in [-0.05, 0) is 35.9 Å². The maximum Gasteiger partial charge on any atom is 0.260 e. The van der Waals surface area contributed by atoms with Crippen LogP contribution in [0.1, 0.15) is 31.8 Å². The molecule has 0 saturated heterocycles. The number of anilines is 1. The van der Waals surface area contributed by atoms with Crippen molar-refractivity contribution in [3.63, 3.8) is 0 Å². The van der Waals surface area contributed by atoms with Crippen molar-refractivity contribution in [2.24, 2.45) is 0 Å². The normalized spacial score (nSPS) is 10.8. The van der Waals surface area contributed by atoms with Crippen molar-refractivity contribution >= 4 is 50.0 Å². The Kier molecular flexibility index (Phi) is 6.75. The summed E-state index contributed by atoms with van der Waals surface area (Å²) in [6, 6.07) is 22.9. The van der Waals surface area contributed by atoms with E-state index in [1.54, 1.807) is 72.9 Å². The van der Waals surface area contributed by atoms with Crippen molar-refractivity contribution in [2.45, 2.75) is 6.54 Å². The highest BCUT2D eigenvalue weighted by Crippen LogP contribution is 2.39. The predicted molar refractivity (Wildman–Crippen MR) is 142 cm³/mol. The zero-order valence-electron chi connectivity index (χ0n) is 19.2. The lowest BCUT2D eigenvalue weighted by atomic mass is 10.0. The minimum atomic E-state index is -0.258. The van der Waals surface area contributed by atoms with Crippen LogP contribution in [0.15, 0.2) is 91.3 Å². The number of amides is 1. The molecule has 0 radical (unpaired) electrons. The topological polar surface area (TPSA) is 72.4 Å². The van der Waals surface area contributed by atoms with E-state index < -0.39 is 0 Å². The number of rotatable bonds is 7. The molecule has 178 valence electrons. The predicted octanol–water partition coefficient (Wildman–Crippen LogP) is 6.43. The average Bonchev–Trinajstić information content (AvgIpc) is 3.38. The minimum absolute atomic E-state index is 0.102. The standard InChI is InChI=1S/C28H20ClN3O3S/c1-35-23-14-13-22(29)26-24(23)31-28(36-26)32(17-18-6-5-15-30-16-18)27(34)21-11-9-20(10-12-21)25(33)19-7-3-2-4-8-19/h2-16H,17H2,1H3. The van der Waals surface area contributed by atoms with Crippen LogP contribution in [0.3, 0.4) is 0 Å². The molecule has 2 heterocycles. The Morgan fingerprint density at radius 1 is 0.917 bits per heavy atom. The molecule has 6 nitrogen and oxygen atoms in total. The number of carbonyl (C=O) groups is 2. The smallest absolute Gasteiger partial charge is 0.260 e. The maximum atomic E-state index is 13.7. The largest absolute Gasteiger partial charge is 0.494 e. The summed E-state index contributed by atoms with van der Waals surface area (Å²) in [5.41, 5.74) is 2.97. The van der Waals surface area contributed by atoms with Gasteiger partial charge in [0.2, 0.25) is 0 Å². The van der Waals surface area contributed by atoms with E-state index in [1.807, 2.05) is 30.3 Å². The number of hydrogen-bond donors (Lipinski definition) is 0. The number of hydrogen-bond acceptors (Lipinski definition) is 6. The van der Waals surface area contributed by atoms with E-state index in [0.717, 1.165) is 10.3 Å². The number of carbonyl (C=O) groups excluding carboxylic acids is 2. The lowest BCUT2D eigenvalue weighted by Crippen LogP contribution is -2.30. The van der Waals surface area contributed by atoms with Gasteiger partial charge < -0.3 is 4.74 Å². The first kappa shape index (κ1) is 23.7. The molecule has 0 fully saturated rings. The third kappa shape index (κ3) is 4.71. The number of halogens is 1. The fourth-order valence-corrected chi connectivity index (χ4v) is 5.05. The summed E-state index contributed by atoms with van der Waals surface area (Å²) in [5.74, 6) is 0.218. The van der Waals surface area contributed by atoms with Gasteiger partial charge in [0.1, 0.15) is 11.3 Å². The van der Waals surface area contributed by atoms with Gasteiger partial charge in [0.05, 0.1) is 23.4 Å². The number of thiazole rings is 1. The van der Waals surface area contributed by atoms with E-state index in [9.17, 15) is 9.59 Å². The Bertz CT molecular complexity index is 1540. The molecular weight excluding hydrogens is 494 g/mol. The molecule has 2 aromatic heterocycles. The summed E-state index contributed by atoms with van der Waals surface area (Å²) in [4.78, 5) is 37.0. The van der Waals surface area contributed by atoms with Gasteiger partial charge in [-0.1, -0.05) is 71.5 Å². The molecule has 0 saturated carbocycles. The van der Waals surface area contributed by atoms with E-state index in [-0.39, 0.29) is 18.2 Å². The third-order valence-electron chi connectivity index (χ3n) is 5.64. The number of methoxy groups -OCH3 is 1. The maximum absolute atomic E-state index is 13.7. The van der Waals surface area contributed by atoms with Gasteiger partial charge in [0.15, 0.2) is 10.9 Å². The molecule has 0 N–H and O–H groups in total. The Morgan fingerprint density at radius 3 is 2.33 bits per heavy atom. The van der Waals surface area contributed by atoms with Crippen LogP contribution >= 0.6 is 22.9 Å². The number of nitrogens with zero attached hydrogens (tertiary/aromatic N) is 3. The SMILES string of the molecule is COc1ccc(Cl)c2sc(N(Cc3cccnc3)C(=O)c3ccc(C(=O)c4ccccc4)cc3)nc12. The number of pyridine rings is 1. The van der Waals surface area contributed by atoms with Crippen LogP contribution in [-0.4, -0.2) is 28.8 Å². The van der Waals surface area contributed by atoms with E-state index in [2.05, 4.69) is 4.98 Å². The van der Waals surface area contributed by atoms with Crippen LogP contribution in [0.5, 0.6) is 5.75 Å². The van der Waals surface area contributed by atoms with Crippen molar-refractivity contribution in [1.29, 1.82) is 0 Å². The lowest BCUT2D eigenvalue weighted by Gasteiger charge is -2.20. The molecule has 5 rings (SSSR count). The van der Waals surface area contributed by atoms with Crippen LogP contribution in [0, 0.1) is 0 Å². The van der Waals surface area contributed by atoms with Crippen LogP contribution in [0.2, 0.25) is 5.02 Å². The van der Waals surface area contributed by atoms with E-state index >= 15 is 0 Å². The Hall–Kier alpha value is -4.07. The van der Waals surface area contributed by atoms with Gasteiger partial charge in [-0.2, -0.15) is 0 Å². The van der Waals surface area contributed by atoms with Gasteiger partial charge in [-0.25, -0.2) is 4.98 Å². The minimum Gasteiger partial charge on any atom is -0.494 e. The highest BCUT2D eigenvalue weighted by Gasteiger charge is 2.24. The third-order valence-corrected chi connectivity index (χ3v) is 7.18. The zero-order chi connectivity index (χ0) is 25.1. The fraction of sp³-hybridized carbons (Fsp3) is 0.0714. The second kappa shape index (κ2) is 10.3. The first-order valence-electron chi connectivity index (χ1n) is 11.1. The molecule has 0 aliphatic carbocycles. The number of aromatic nitrogens is 2. The Morgan fingerprint density at radius 2 is 1.64 bits per heavy atom. The van der Waals surface area contributed by atoms with Crippen molar-refractivity contribution in [3.8, 4) is 5.75 Å². The first-order valence-corrected chi connectivity index (χ1v) is 12.3. The second-order valence-electron chi connectivity index (χ2n) is 7.95. The second-order valence-corrected chi connectivity index (χ2v) is 9.33. The van der Waals surface area contributed by atoms with E-state index in [1.165, 1.54) is 11.3 Å². The summed E-state index contributed by atoms with van der Waals surface area (Å²) in [6.45, 7) is 0.261. The average molecular weight is 514 g/mol. The van der Waals surface area contributed by atoms with Crippen LogP contribution < -0.4 is 9.64 Å². The molecule has 36 heavy (non-hydrogen) atoms. The molecule has 0 spiro atoms. The van der Waals surface area contributed by atoms with Crippen LogP contribution in [-0.2, 0) is 6.54 Å². The summed E-state index contributed by atoms with van der Waals surface area (Å²) in [6.07, 6.45) is 3.39. The summed E-state index contributed by atoms with van der Waals surface area (Å²) < 4.78 is 6.19. The molecule has 0 aliphatic heterocycles. The highest BCUT2D eigenvalue weighted by atomic mass is 35.5. The van der Waals surface area contributed by atoms with Crippen molar-refractivity contribution in [3.05, 3.63) is 119 Å². The summed E-state index contributed by atoms with van der Waals surface area (Å²) in [7, 11) is 1.57. The molecule has 0 unspecified atom stereocenters. The van der Waals surface area contributed by atoms with Crippen molar-refractivity contribution in [1.82, 2.24) is 9.97 Å². The number of ether oxygens (including phenoxy) is 1. The van der Waals surface area contributed by atoms with Crippen LogP contribution in [0.25, 0.3) is 10.2 Å². The molecule has 5 aromatic rings. The Balaban J connectivity index is 1.51. The number of ketones is 1. The molecule has 0 atom stereocenters.